The van der Waals surface area contributed by atoms with Crippen molar-refractivity contribution in [3.63, 3.8) is 0 Å². The van der Waals surface area contributed by atoms with Crippen molar-refractivity contribution >= 4 is 17.4 Å². The molecule has 0 spiro atoms. The molecule has 0 radical (unpaired) electrons. The Labute approximate surface area is 207 Å². The molecule has 1 amide bonds. The zero-order valence-corrected chi connectivity index (χ0v) is 20.3. The van der Waals surface area contributed by atoms with E-state index >= 15 is 0 Å². The van der Waals surface area contributed by atoms with Crippen molar-refractivity contribution in [3.8, 4) is 0 Å². The third-order valence-electron chi connectivity index (χ3n) is 7.05. The number of carbonyl (C=O) groups is 1. The van der Waals surface area contributed by atoms with Gasteiger partial charge in [0, 0.05) is 31.0 Å². The number of aromatic nitrogens is 1. The Morgan fingerprint density at radius 2 is 1.77 bits per heavy atom. The molecule has 1 saturated carbocycles. The molecule has 1 unspecified atom stereocenters. The number of hydrogen-bond donors (Lipinski definition) is 0. The number of carbonyl (C=O) groups excluding carboxylic acids is 1. The van der Waals surface area contributed by atoms with Gasteiger partial charge in [-0.1, -0.05) is 36.4 Å². The highest BCUT2D eigenvalue weighted by molar-refractivity contribution is 5.97. The normalized spacial score (nSPS) is 17.9. The molecule has 2 aromatic carbocycles. The van der Waals surface area contributed by atoms with Gasteiger partial charge in [-0.15, -0.1) is 0 Å². The number of amides is 1. The van der Waals surface area contributed by atoms with Gasteiger partial charge in [-0.25, -0.2) is 9.37 Å². The molecular formula is C29H33FN4O. The van der Waals surface area contributed by atoms with E-state index in [1.165, 1.54) is 30.5 Å². The summed E-state index contributed by atoms with van der Waals surface area (Å²) in [5, 5.41) is 0. The van der Waals surface area contributed by atoms with E-state index in [1.807, 2.05) is 24.4 Å². The van der Waals surface area contributed by atoms with Crippen LogP contribution in [-0.4, -0.2) is 41.0 Å². The van der Waals surface area contributed by atoms with E-state index in [-0.39, 0.29) is 17.8 Å². The van der Waals surface area contributed by atoms with Crippen molar-refractivity contribution in [2.45, 2.75) is 57.8 Å². The average Bonchev–Trinajstić information content (AvgIpc) is 3.62. The average molecular weight is 473 g/mol. The van der Waals surface area contributed by atoms with Crippen LogP contribution in [0.15, 0.2) is 72.9 Å². The second-order valence-electron chi connectivity index (χ2n) is 9.56. The van der Waals surface area contributed by atoms with E-state index in [9.17, 15) is 9.18 Å². The standard InChI is InChI=1S/C29H33FN4O/c1-2-33(25-15-16-25)28-17-10-23(19-31-28)21-34(26-13-11-24(30)12-14-26)29(35)27-9-6-18-32(27)20-22-7-4-3-5-8-22/h3-5,7-8,10-14,17,19,25,27H,2,6,9,15-16,18,20-21H2,1H3. The summed E-state index contributed by atoms with van der Waals surface area (Å²) in [7, 11) is 0. The van der Waals surface area contributed by atoms with Gasteiger partial charge in [-0.05, 0) is 80.6 Å². The van der Waals surface area contributed by atoms with E-state index in [0.717, 1.165) is 43.9 Å². The minimum absolute atomic E-state index is 0.0577. The number of anilines is 2. The fourth-order valence-electron chi connectivity index (χ4n) is 5.07. The SMILES string of the molecule is CCN(c1ccc(CN(C(=O)C2CCCN2Cc2ccccc2)c2ccc(F)cc2)cn1)C1CC1. The Bertz CT molecular complexity index is 1120. The number of halogens is 1. The first-order valence-electron chi connectivity index (χ1n) is 12.7. The second-order valence-corrected chi connectivity index (χ2v) is 9.56. The summed E-state index contributed by atoms with van der Waals surface area (Å²) >= 11 is 0. The van der Waals surface area contributed by atoms with E-state index in [0.29, 0.717) is 18.3 Å². The Morgan fingerprint density at radius 1 is 1.00 bits per heavy atom. The lowest BCUT2D eigenvalue weighted by atomic mass is 10.1. The van der Waals surface area contributed by atoms with Crippen molar-refractivity contribution in [1.82, 2.24) is 9.88 Å². The van der Waals surface area contributed by atoms with E-state index in [2.05, 4.69) is 41.0 Å². The third kappa shape index (κ3) is 5.54. The number of benzene rings is 2. The van der Waals surface area contributed by atoms with Crippen LogP contribution in [0, 0.1) is 5.82 Å². The van der Waals surface area contributed by atoms with Crippen molar-refractivity contribution in [1.29, 1.82) is 0 Å². The van der Waals surface area contributed by atoms with E-state index in [1.54, 1.807) is 17.0 Å². The van der Waals surface area contributed by atoms with Crippen molar-refractivity contribution in [3.05, 3.63) is 89.9 Å². The Morgan fingerprint density at radius 3 is 2.43 bits per heavy atom. The van der Waals surface area contributed by atoms with Crippen LogP contribution in [0.2, 0.25) is 0 Å². The summed E-state index contributed by atoms with van der Waals surface area (Å²) in [6.07, 6.45) is 6.15. The fourth-order valence-corrected chi connectivity index (χ4v) is 5.07. The van der Waals surface area contributed by atoms with Gasteiger partial charge in [0.05, 0.1) is 12.6 Å². The van der Waals surface area contributed by atoms with Crippen molar-refractivity contribution < 1.29 is 9.18 Å². The van der Waals surface area contributed by atoms with Gasteiger partial charge in [-0.2, -0.15) is 0 Å². The van der Waals surface area contributed by atoms with Crippen LogP contribution in [0.25, 0.3) is 0 Å². The highest BCUT2D eigenvalue weighted by atomic mass is 19.1. The summed E-state index contributed by atoms with van der Waals surface area (Å²) in [4.78, 5) is 25.0. The molecule has 1 aliphatic heterocycles. The minimum Gasteiger partial charge on any atom is -0.354 e. The smallest absolute Gasteiger partial charge is 0.244 e. The lowest BCUT2D eigenvalue weighted by Gasteiger charge is -2.31. The third-order valence-corrected chi connectivity index (χ3v) is 7.05. The lowest BCUT2D eigenvalue weighted by molar-refractivity contribution is -0.123. The molecule has 1 aliphatic carbocycles. The minimum atomic E-state index is -0.307. The van der Waals surface area contributed by atoms with Gasteiger partial charge in [0.2, 0.25) is 5.91 Å². The number of likely N-dealkylation sites (tertiary alicyclic amines) is 1. The largest absolute Gasteiger partial charge is 0.354 e. The maximum Gasteiger partial charge on any atom is 0.244 e. The molecule has 1 atom stereocenters. The molecule has 5 nitrogen and oxygen atoms in total. The molecule has 5 rings (SSSR count). The molecule has 0 N–H and O–H groups in total. The van der Waals surface area contributed by atoms with Crippen LogP contribution in [0.4, 0.5) is 15.9 Å². The molecular weight excluding hydrogens is 439 g/mol. The predicted molar refractivity (Wildman–Crippen MR) is 138 cm³/mol. The fraction of sp³-hybridized carbons (Fsp3) is 0.379. The zero-order valence-electron chi connectivity index (χ0n) is 20.3. The molecule has 0 bridgehead atoms. The van der Waals surface area contributed by atoms with Gasteiger partial charge in [-0.3, -0.25) is 9.69 Å². The first-order chi connectivity index (χ1) is 17.1. The highest BCUT2D eigenvalue weighted by Crippen LogP contribution is 2.31. The number of hydrogen-bond acceptors (Lipinski definition) is 4. The van der Waals surface area contributed by atoms with Crippen LogP contribution in [-0.2, 0) is 17.9 Å². The summed E-state index contributed by atoms with van der Waals surface area (Å²) in [5.41, 5.74) is 2.88. The monoisotopic (exact) mass is 472 g/mol. The Balaban J connectivity index is 1.37. The number of nitrogens with zero attached hydrogens (tertiary/aromatic N) is 4. The topological polar surface area (TPSA) is 39.7 Å². The predicted octanol–water partition coefficient (Wildman–Crippen LogP) is 5.41. The molecule has 2 heterocycles. The molecule has 3 aromatic rings. The molecule has 35 heavy (non-hydrogen) atoms. The highest BCUT2D eigenvalue weighted by Gasteiger charge is 2.34. The first-order valence-corrected chi connectivity index (χ1v) is 12.7. The maximum atomic E-state index is 13.9. The van der Waals surface area contributed by atoms with Crippen LogP contribution in [0.1, 0.15) is 43.7 Å². The van der Waals surface area contributed by atoms with Gasteiger partial charge < -0.3 is 9.80 Å². The van der Waals surface area contributed by atoms with E-state index < -0.39 is 0 Å². The molecule has 1 aromatic heterocycles. The van der Waals surface area contributed by atoms with Crippen LogP contribution >= 0.6 is 0 Å². The second kappa shape index (κ2) is 10.6. The quantitative estimate of drug-likeness (QED) is 0.418. The van der Waals surface area contributed by atoms with Gasteiger partial charge >= 0.3 is 0 Å². The molecule has 2 aliphatic rings. The zero-order chi connectivity index (χ0) is 24.2. The van der Waals surface area contributed by atoms with Gasteiger partial charge in [0.1, 0.15) is 11.6 Å². The molecule has 182 valence electrons. The lowest BCUT2D eigenvalue weighted by Crippen LogP contribution is -2.45. The van der Waals surface area contributed by atoms with Crippen molar-refractivity contribution in [2.75, 3.05) is 22.9 Å². The molecule has 6 heteroatoms. The summed E-state index contributed by atoms with van der Waals surface area (Å²) in [6, 6.07) is 21.0. The summed E-state index contributed by atoms with van der Waals surface area (Å²) in [6.45, 7) is 5.15. The summed E-state index contributed by atoms with van der Waals surface area (Å²) in [5.74, 6) is 0.740. The molecule has 2 fully saturated rings. The summed E-state index contributed by atoms with van der Waals surface area (Å²) < 4.78 is 13.7. The van der Waals surface area contributed by atoms with E-state index in [4.69, 9.17) is 4.98 Å². The molecule has 1 saturated heterocycles. The number of pyridine rings is 1. The number of rotatable bonds is 9. The van der Waals surface area contributed by atoms with Crippen molar-refractivity contribution in [2.24, 2.45) is 0 Å². The maximum absolute atomic E-state index is 13.9. The van der Waals surface area contributed by atoms with Crippen LogP contribution in [0.3, 0.4) is 0 Å². The van der Waals surface area contributed by atoms with Crippen LogP contribution in [0.5, 0.6) is 0 Å². The van der Waals surface area contributed by atoms with Gasteiger partial charge in [0.15, 0.2) is 0 Å². The first kappa shape index (κ1) is 23.5. The Kier molecular flexibility index (Phi) is 7.09. The Hall–Kier alpha value is -3.25. The van der Waals surface area contributed by atoms with Gasteiger partial charge in [0.25, 0.3) is 0 Å². The van der Waals surface area contributed by atoms with Crippen LogP contribution < -0.4 is 9.80 Å².